The van der Waals surface area contributed by atoms with Crippen molar-refractivity contribution < 1.29 is 14.0 Å². The van der Waals surface area contributed by atoms with Gasteiger partial charge < -0.3 is 14.2 Å². The number of hydrogen-bond acceptors (Lipinski definition) is 3. The van der Waals surface area contributed by atoms with Crippen molar-refractivity contribution >= 4 is 11.8 Å². The molecule has 5 nitrogen and oxygen atoms in total. The smallest absolute Gasteiger partial charge is 0.258 e. The number of carbonyl (C=O) groups excluding carboxylic acids is 2. The maximum Gasteiger partial charge on any atom is 0.258 e. The lowest BCUT2D eigenvalue weighted by molar-refractivity contribution is -0.132. The first kappa shape index (κ1) is 12.7. The fourth-order valence-electron chi connectivity index (χ4n) is 2.33. The van der Waals surface area contributed by atoms with Crippen LogP contribution in [0.4, 0.5) is 0 Å². The van der Waals surface area contributed by atoms with Gasteiger partial charge in [0.1, 0.15) is 11.8 Å². The molecule has 5 heteroatoms. The fourth-order valence-corrected chi connectivity index (χ4v) is 2.33. The zero-order valence-corrected chi connectivity index (χ0v) is 11.0. The second-order valence-corrected chi connectivity index (χ2v) is 4.78. The van der Waals surface area contributed by atoms with Gasteiger partial charge in [0.15, 0.2) is 0 Å². The Balaban J connectivity index is 2.20. The van der Waals surface area contributed by atoms with Gasteiger partial charge in [-0.05, 0) is 25.8 Å². The summed E-state index contributed by atoms with van der Waals surface area (Å²) in [5.41, 5.74) is 0.549. The molecule has 1 fully saturated rings. The van der Waals surface area contributed by atoms with Crippen molar-refractivity contribution in [2.45, 2.75) is 25.8 Å². The number of amides is 2. The first-order valence-corrected chi connectivity index (χ1v) is 6.08. The van der Waals surface area contributed by atoms with Gasteiger partial charge in [-0.3, -0.25) is 9.59 Å². The SMILES string of the molecule is Cc1occc1C(=O)N1CCCC1C(=O)N(C)C. The highest BCUT2D eigenvalue weighted by atomic mass is 16.3. The Hall–Kier alpha value is -1.78. The van der Waals surface area contributed by atoms with Crippen LogP contribution in [0.25, 0.3) is 0 Å². The van der Waals surface area contributed by atoms with Crippen LogP contribution < -0.4 is 0 Å². The second kappa shape index (κ2) is 4.84. The number of rotatable bonds is 2. The molecular weight excluding hydrogens is 232 g/mol. The third kappa shape index (κ3) is 2.12. The van der Waals surface area contributed by atoms with Crippen molar-refractivity contribution in [2.24, 2.45) is 0 Å². The maximum atomic E-state index is 12.4. The topological polar surface area (TPSA) is 53.8 Å². The number of hydrogen-bond donors (Lipinski definition) is 0. The molecule has 1 unspecified atom stereocenters. The number of nitrogens with zero attached hydrogens (tertiary/aromatic N) is 2. The number of aryl methyl sites for hydroxylation is 1. The summed E-state index contributed by atoms with van der Waals surface area (Å²) in [4.78, 5) is 27.6. The molecule has 2 rings (SSSR count). The molecule has 0 saturated carbocycles. The molecule has 1 aromatic heterocycles. The highest BCUT2D eigenvalue weighted by Crippen LogP contribution is 2.23. The molecule has 2 heterocycles. The summed E-state index contributed by atoms with van der Waals surface area (Å²) >= 11 is 0. The van der Waals surface area contributed by atoms with Crippen LogP contribution in [0.5, 0.6) is 0 Å². The van der Waals surface area contributed by atoms with Gasteiger partial charge in [0.25, 0.3) is 5.91 Å². The molecule has 1 atom stereocenters. The van der Waals surface area contributed by atoms with Crippen molar-refractivity contribution in [1.29, 1.82) is 0 Å². The van der Waals surface area contributed by atoms with Crippen molar-refractivity contribution in [1.82, 2.24) is 9.80 Å². The number of likely N-dealkylation sites (tertiary alicyclic amines) is 1. The number of carbonyl (C=O) groups is 2. The minimum absolute atomic E-state index is 0.0120. The van der Waals surface area contributed by atoms with Gasteiger partial charge in [-0.1, -0.05) is 0 Å². The summed E-state index contributed by atoms with van der Waals surface area (Å²) in [7, 11) is 3.43. The van der Waals surface area contributed by atoms with Crippen molar-refractivity contribution in [2.75, 3.05) is 20.6 Å². The van der Waals surface area contributed by atoms with Gasteiger partial charge in [0, 0.05) is 20.6 Å². The molecule has 0 bridgehead atoms. The summed E-state index contributed by atoms with van der Waals surface area (Å²) in [5, 5.41) is 0. The van der Waals surface area contributed by atoms with Gasteiger partial charge in [0.05, 0.1) is 11.8 Å². The molecule has 0 spiro atoms. The van der Waals surface area contributed by atoms with E-state index in [0.29, 0.717) is 17.9 Å². The summed E-state index contributed by atoms with van der Waals surface area (Å²) in [6, 6.07) is 1.33. The lowest BCUT2D eigenvalue weighted by Gasteiger charge is -2.26. The van der Waals surface area contributed by atoms with Crippen LogP contribution in [0.1, 0.15) is 29.0 Å². The van der Waals surface area contributed by atoms with E-state index in [-0.39, 0.29) is 17.9 Å². The van der Waals surface area contributed by atoms with Gasteiger partial charge in [-0.2, -0.15) is 0 Å². The van der Waals surface area contributed by atoms with E-state index in [2.05, 4.69) is 0 Å². The molecule has 0 aliphatic carbocycles. The zero-order valence-electron chi connectivity index (χ0n) is 11.0. The highest BCUT2D eigenvalue weighted by molar-refractivity contribution is 5.98. The summed E-state index contributed by atoms with van der Waals surface area (Å²) in [5.74, 6) is 0.476. The molecular formula is C13H18N2O3. The Bertz CT molecular complexity index is 465. The second-order valence-electron chi connectivity index (χ2n) is 4.78. The van der Waals surface area contributed by atoms with Crippen LogP contribution in [0, 0.1) is 6.92 Å². The molecule has 1 saturated heterocycles. The Morgan fingerprint density at radius 1 is 1.44 bits per heavy atom. The van der Waals surface area contributed by atoms with Gasteiger partial charge in [-0.15, -0.1) is 0 Å². The fraction of sp³-hybridized carbons (Fsp3) is 0.538. The lowest BCUT2D eigenvalue weighted by atomic mass is 10.1. The molecule has 18 heavy (non-hydrogen) atoms. The van der Waals surface area contributed by atoms with E-state index in [9.17, 15) is 9.59 Å². The Morgan fingerprint density at radius 2 is 2.17 bits per heavy atom. The molecule has 98 valence electrons. The van der Waals surface area contributed by atoms with Gasteiger partial charge in [0.2, 0.25) is 5.91 Å². The largest absolute Gasteiger partial charge is 0.469 e. The van der Waals surface area contributed by atoms with E-state index >= 15 is 0 Å². The molecule has 1 aliphatic heterocycles. The molecule has 1 aromatic rings. The molecule has 0 N–H and O–H groups in total. The van der Waals surface area contributed by atoms with Crippen LogP contribution in [0.2, 0.25) is 0 Å². The number of furan rings is 1. The van der Waals surface area contributed by atoms with Gasteiger partial charge in [-0.25, -0.2) is 0 Å². The van der Waals surface area contributed by atoms with Crippen LogP contribution in [0.3, 0.4) is 0 Å². The van der Waals surface area contributed by atoms with E-state index in [1.807, 2.05) is 0 Å². The van der Waals surface area contributed by atoms with E-state index in [4.69, 9.17) is 4.42 Å². The third-order valence-electron chi connectivity index (χ3n) is 3.33. The monoisotopic (exact) mass is 250 g/mol. The van der Waals surface area contributed by atoms with Crippen LogP contribution in [-0.2, 0) is 4.79 Å². The zero-order chi connectivity index (χ0) is 13.3. The van der Waals surface area contributed by atoms with Crippen molar-refractivity contribution in [3.63, 3.8) is 0 Å². The average Bonchev–Trinajstić information content (AvgIpc) is 2.95. The summed E-state index contributed by atoms with van der Waals surface area (Å²) in [6.45, 7) is 2.39. The van der Waals surface area contributed by atoms with E-state index in [1.54, 1.807) is 36.9 Å². The maximum absolute atomic E-state index is 12.4. The van der Waals surface area contributed by atoms with Crippen LogP contribution >= 0.6 is 0 Å². The van der Waals surface area contributed by atoms with E-state index in [1.165, 1.54) is 6.26 Å². The summed E-state index contributed by atoms with van der Waals surface area (Å²) in [6.07, 6.45) is 3.11. The number of likely N-dealkylation sites (N-methyl/N-ethyl adjacent to an activating group) is 1. The van der Waals surface area contributed by atoms with Crippen LogP contribution in [-0.4, -0.2) is 48.3 Å². The predicted molar refractivity (Wildman–Crippen MR) is 66.2 cm³/mol. The first-order chi connectivity index (χ1) is 8.52. The normalized spacial score (nSPS) is 19.1. The first-order valence-electron chi connectivity index (χ1n) is 6.08. The minimum Gasteiger partial charge on any atom is -0.469 e. The molecule has 0 aromatic carbocycles. The van der Waals surface area contributed by atoms with Gasteiger partial charge >= 0.3 is 0 Å². The average molecular weight is 250 g/mol. The Labute approximate surface area is 106 Å². The third-order valence-corrected chi connectivity index (χ3v) is 3.33. The lowest BCUT2D eigenvalue weighted by Crippen LogP contribution is -2.45. The Morgan fingerprint density at radius 3 is 2.72 bits per heavy atom. The van der Waals surface area contributed by atoms with E-state index in [0.717, 1.165) is 12.8 Å². The minimum atomic E-state index is -0.332. The van der Waals surface area contributed by atoms with Crippen molar-refractivity contribution in [3.8, 4) is 0 Å². The molecule has 0 radical (unpaired) electrons. The highest BCUT2D eigenvalue weighted by Gasteiger charge is 2.36. The standard InChI is InChI=1S/C13H18N2O3/c1-9-10(6-8-18-9)12(16)15-7-4-5-11(15)13(17)14(2)3/h6,8,11H,4-5,7H2,1-3H3. The summed E-state index contributed by atoms with van der Waals surface area (Å²) < 4.78 is 5.15. The van der Waals surface area contributed by atoms with E-state index < -0.39 is 0 Å². The Kier molecular flexibility index (Phi) is 3.41. The van der Waals surface area contributed by atoms with Crippen LogP contribution in [0.15, 0.2) is 16.7 Å². The van der Waals surface area contributed by atoms with Crippen molar-refractivity contribution in [3.05, 3.63) is 23.7 Å². The quantitative estimate of drug-likeness (QED) is 0.794. The molecule has 1 aliphatic rings. The molecule has 2 amide bonds. The predicted octanol–water partition coefficient (Wildman–Crippen LogP) is 1.28.